The van der Waals surface area contributed by atoms with Crippen molar-refractivity contribution in [1.82, 2.24) is 20.1 Å². The maximum atomic E-state index is 10.7. The third-order valence-electron chi connectivity index (χ3n) is 3.58. The Bertz CT molecular complexity index is 948. The van der Waals surface area contributed by atoms with Crippen molar-refractivity contribution in [2.75, 3.05) is 13.7 Å². The summed E-state index contributed by atoms with van der Waals surface area (Å²) in [6.45, 7) is 0.274. The van der Waals surface area contributed by atoms with Gasteiger partial charge in [0, 0.05) is 19.0 Å². The fourth-order valence-electron chi connectivity index (χ4n) is 2.37. The molecule has 1 amide bonds. The van der Waals surface area contributed by atoms with Crippen LogP contribution in [0.25, 0.3) is 5.69 Å². The van der Waals surface area contributed by atoms with Crippen molar-refractivity contribution in [3.05, 3.63) is 59.2 Å². The Morgan fingerprint density at radius 1 is 1.30 bits per heavy atom. The van der Waals surface area contributed by atoms with Crippen LogP contribution >= 0.6 is 23.4 Å². The fourth-order valence-corrected chi connectivity index (χ4v) is 3.51. The summed E-state index contributed by atoms with van der Waals surface area (Å²) in [4.78, 5) is 15.1. The number of hydrogen-bond donors (Lipinski definition) is 2. The number of methoxy groups -OCH3 is 1. The number of nitrogens with one attached hydrogen (secondary N) is 1. The minimum atomic E-state index is -1.06. The zero-order valence-corrected chi connectivity index (χ0v) is 16.0. The molecule has 0 aliphatic heterocycles. The van der Waals surface area contributed by atoms with Crippen molar-refractivity contribution < 1.29 is 14.6 Å². The molecule has 27 heavy (non-hydrogen) atoms. The van der Waals surface area contributed by atoms with Gasteiger partial charge in [0.15, 0.2) is 0 Å². The van der Waals surface area contributed by atoms with E-state index in [9.17, 15) is 4.79 Å². The molecule has 0 radical (unpaired) electrons. The number of aromatic nitrogens is 3. The largest absolute Gasteiger partial charge is 0.481 e. The summed E-state index contributed by atoms with van der Waals surface area (Å²) in [6.07, 6.45) is -0.598. The SMILES string of the molecule is COc1cccc(Sc2cc(CCNC(=O)O)nn2-c2ccccc2Cl)n1. The molecule has 0 fully saturated rings. The molecule has 7 nitrogen and oxygen atoms in total. The molecule has 3 aromatic rings. The average molecular weight is 405 g/mol. The van der Waals surface area contributed by atoms with Gasteiger partial charge in [0.2, 0.25) is 5.88 Å². The van der Waals surface area contributed by atoms with Crippen LogP contribution in [0.15, 0.2) is 58.6 Å². The molecule has 0 aliphatic rings. The highest BCUT2D eigenvalue weighted by Gasteiger charge is 2.14. The molecule has 2 heterocycles. The predicted molar refractivity (Wildman–Crippen MR) is 103 cm³/mol. The molecule has 0 aliphatic carbocycles. The van der Waals surface area contributed by atoms with Crippen LogP contribution < -0.4 is 10.1 Å². The van der Waals surface area contributed by atoms with Crippen molar-refractivity contribution in [2.24, 2.45) is 0 Å². The summed E-state index contributed by atoms with van der Waals surface area (Å²) in [5, 5.41) is 17.8. The first-order chi connectivity index (χ1) is 13.1. The molecule has 0 bridgehead atoms. The van der Waals surface area contributed by atoms with Gasteiger partial charge in [-0.1, -0.05) is 29.8 Å². The summed E-state index contributed by atoms with van der Waals surface area (Å²) in [5.41, 5.74) is 1.48. The molecule has 0 saturated carbocycles. The van der Waals surface area contributed by atoms with Crippen LogP contribution in [0.5, 0.6) is 5.88 Å². The number of carbonyl (C=O) groups is 1. The second-order valence-electron chi connectivity index (χ2n) is 5.44. The average Bonchev–Trinajstić information content (AvgIpc) is 3.04. The van der Waals surface area contributed by atoms with Gasteiger partial charge in [0.05, 0.1) is 23.5 Å². The minimum Gasteiger partial charge on any atom is -0.481 e. The van der Waals surface area contributed by atoms with Gasteiger partial charge in [0.25, 0.3) is 0 Å². The van der Waals surface area contributed by atoms with E-state index in [1.807, 2.05) is 36.4 Å². The first-order valence-corrected chi connectivity index (χ1v) is 9.26. The lowest BCUT2D eigenvalue weighted by Crippen LogP contribution is -2.23. The van der Waals surface area contributed by atoms with Gasteiger partial charge in [0.1, 0.15) is 10.1 Å². The first-order valence-electron chi connectivity index (χ1n) is 8.06. The quantitative estimate of drug-likeness (QED) is 0.621. The zero-order valence-electron chi connectivity index (χ0n) is 14.4. The Morgan fingerprint density at radius 3 is 2.85 bits per heavy atom. The maximum absolute atomic E-state index is 10.7. The molecule has 2 aromatic heterocycles. The van der Waals surface area contributed by atoms with E-state index in [0.717, 1.165) is 21.4 Å². The topological polar surface area (TPSA) is 89.3 Å². The van der Waals surface area contributed by atoms with Crippen molar-refractivity contribution in [3.8, 4) is 11.6 Å². The van der Waals surface area contributed by atoms with Crippen LogP contribution in [0.2, 0.25) is 5.02 Å². The summed E-state index contributed by atoms with van der Waals surface area (Å²) in [7, 11) is 1.57. The molecule has 9 heteroatoms. The lowest BCUT2D eigenvalue weighted by Gasteiger charge is -2.09. The second-order valence-corrected chi connectivity index (χ2v) is 6.89. The van der Waals surface area contributed by atoms with Crippen molar-refractivity contribution in [2.45, 2.75) is 16.5 Å². The number of halogens is 1. The molecule has 3 rings (SSSR count). The lowest BCUT2D eigenvalue weighted by molar-refractivity contribution is 0.194. The summed E-state index contributed by atoms with van der Waals surface area (Å²) in [5.74, 6) is 0.523. The highest BCUT2D eigenvalue weighted by Crippen LogP contribution is 2.32. The third kappa shape index (κ3) is 4.93. The van der Waals surface area contributed by atoms with Crippen molar-refractivity contribution in [1.29, 1.82) is 0 Å². The molecular weight excluding hydrogens is 388 g/mol. The number of pyridine rings is 1. The van der Waals surface area contributed by atoms with Gasteiger partial charge in [-0.25, -0.2) is 14.5 Å². The number of carboxylic acid groups (broad SMARTS) is 1. The van der Waals surface area contributed by atoms with E-state index in [1.165, 1.54) is 11.8 Å². The van der Waals surface area contributed by atoms with Gasteiger partial charge in [-0.3, -0.25) is 0 Å². The van der Waals surface area contributed by atoms with Crippen LogP contribution in [0.4, 0.5) is 4.79 Å². The van der Waals surface area contributed by atoms with E-state index in [1.54, 1.807) is 23.9 Å². The number of hydrogen-bond acceptors (Lipinski definition) is 5. The fraction of sp³-hybridized carbons (Fsp3) is 0.167. The third-order valence-corrected chi connectivity index (χ3v) is 4.84. The van der Waals surface area contributed by atoms with Crippen molar-refractivity contribution >= 4 is 29.5 Å². The second kappa shape index (κ2) is 8.79. The van der Waals surface area contributed by atoms with Gasteiger partial charge < -0.3 is 15.2 Å². The summed E-state index contributed by atoms with van der Waals surface area (Å²) >= 11 is 7.76. The number of amides is 1. The molecule has 2 N–H and O–H groups in total. The van der Waals surface area contributed by atoms with E-state index in [-0.39, 0.29) is 6.54 Å². The summed E-state index contributed by atoms with van der Waals surface area (Å²) in [6, 6.07) is 14.8. The number of ether oxygens (including phenoxy) is 1. The summed E-state index contributed by atoms with van der Waals surface area (Å²) < 4.78 is 6.92. The van der Waals surface area contributed by atoms with Crippen molar-refractivity contribution in [3.63, 3.8) is 0 Å². The van der Waals surface area contributed by atoms with E-state index in [4.69, 9.17) is 21.4 Å². The van der Waals surface area contributed by atoms with E-state index in [0.29, 0.717) is 17.3 Å². The first kappa shape index (κ1) is 19.1. The minimum absolute atomic E-state index is 0.274. The smallest absolute Gasteiger partial charge is 0.404 e. The van der Waals surface area contributed by atoms with Gasteiger partial charge in [-0.15, -0.1) is 0 Å². The number of benzene rings is 1. The molecule has 0 spiro atoms. The Balaban J connectivity index is 1.93. The standard InChI is InChI=1S/C18H17ClN4O3S/c1-26-15-7-4-8-16(21-15)27-17-11-12(9-10-20-18(24)25)22-23(17)14-6-3-2-5-13(14)19/h2-8,11,20H,9-10H2,1H3,(H,24,25). The Labute approximate surface area is 165 Å². The molecule has 0 unspecified atom stereocenters. The van der Waals surface area contributed by atoms with Crippen LogP contribution in [-0.2, 0) is 6.42 Å². The van der Waals surface area contributed by atoms with Crippen LogP contribution in [0.1, 0.15) is 5.69 Å². The number of nitrogens with zero attached hydrogens (tertiary/aromatic N) is 3. The van der Waals surface area contributed by atoms with Crippen LogP contribution in [0, 0.1) is 0 Å². The van der Waals surface area contributed by atoms with Gasteiger partial charge >= 0.3 is 6.09 Å². The molecule has 0 saturated heterocycles. The predicted octanol–water partition coefficient (Wildman–Crippen LogP) is 3.89. The number of para-hydroxylation sites is 1. The van der Waals surface area contributed by atoms with E-state index < -0.39 is 6.09 Å². The van der Waals surface area contributed by atoms with Gasteiger partial charge in [-0.2, -0.15) is 5.10 Å². The lowest BCUT2D eigenvalue weighted by atomic mass is 10.3. The highest BCUT2D eigenvalue weighted by molar-refractivity contribution is 7.99. The molecule has 0 atom stereocenters. The Morgan fingerprint density at radius 2 is 2.11 bits per heavy atom. The zero-order chi connectivity index (χ0) is 19.2. The Kier molecular flexibility index (Phi) is 6.20. The molecule has 140 valence electrons. The monoisotopic (exact) mass is 404 g/mol. The Hall–Kier alpha value is -2.71. The number of rotatable bonds is 7. The van der Waals surface area contributed by atoms with Crippen LogP contribution in [-0.4, -0.2) is 39.6 Å². The highest BCUT2D eigenvalue weighted by atomic mass is 35.5. The normalized spacial score (nSPS) is 10.6. The molecule has 1 aromatic carbocycles. The van der Waals surface area contributed by atoms with E-state index in [2.05, 4.69) is 15.4 Å². The van der Waals surface area contributed by atoms with Crippen LogP contribution in [0.3, 0.4) is 0 Å². The molecular formula is C18H17ClN4O3S. The van der Waals surface area contributed by atoms with E-state index >= 15 is 0 Å². The van der Waals surface area contributed by atoms with Gasteiger partial charge in [-0.05, 0) is 36.0 Å². The maximum Gasteiger partial charge on any atom is 0.404 e.